The van der Waals surface area contributed by atoms with E-state index in [0.29, 0.717) is 16.8 Å². The SMILES string of the molecule is CC(C)C[C@H](NC(=O)[C@H](CO)NC(=O)[C@H](Cc1ccccc1)NC(=O)CN)C(=O)N[C@@H](CO)C(=O)N[C@H](C(=O)N[C@@H](Cc1ccc(O)cc1)C(=O)NCC(=O)N[C@H](C(=O)N[C@@H](Cc1cnc[nH]1)C(=O)O)C(C)C)[C@@H](C)O. The molecule has 0 aliphatic carbocycles. The molecule has 0 saturated carbocycles. The van der Waals surface area contributed by atoms with Crippen molar-refractivity contribution in [3.05, 3.63) is 83.9 Å². The number of hydrogen-bond acceptors (Lipinski definition) is 16. The Morgan fingerprint density at radius 2 is 1.07 bits per heavy atom. The van der Waals surface area contributed by atoms with Crippen molar-refractivity contribution in [1.29, 1.82) is 0 Å². The number of carboxylic acids is 1. The molecule has 1 heterocycles. The van der Waals surface area contributed by atoms with E-state index in [0.717, 1.165) is 6.92 Å². The lowest BCUT2D eigenvalue weighted by molar-refractivity contribution is -0.142. The second-order valence-electron chi connectivity index (χ2n) is 18.5. The van der Waals surface area contributed by atoms with Crippen LogP contribution in [0.25, 0.3) is 0 Å². The molecule has 416 valence electrons. The Labute approximate surface area is 437 Å². The van der Waals surface area contributed by atoms with Crippen LogP contribution in [-0.2, 0) is 67.2 Å². The van der Waals surface area contributed by atoms with Crippen LogP contribution in [0.3, 0.4) is 0 Å². The molecule has 1 aromatic heterocycles. The second kappa shape index (κ2) is 31.0. The molecule has 0 fully saturated rings. The standard InChI is InChI=1S/C49H70N12O15/c1-25(2)15-32(55-45(71)36(22-62)58-44(70)34(54-38(66)19-50)16-28-9-7-6-8-10-28)43(69)59-37(23-63)46(72)61-41(27(5)64)48(74)56-33(17-29-11-13-31(65)14-12-29)42(68)52-21-39(67)60-40(26(3)4)47(73)57-35(49(75)76)18-30-20-51-24-53-30/h6-14,20,24-27,32-37,40-41,62-65H,15-19,21-23,50H2,1-5H3,(H,51,53)(H,52,68)(H,54,66)(H,55,71)(H,56,74)(H,57,73)(H,58,70)(H,59,69)(H,60,67)(H,61,72)(H,75,76)/t27-,32+,33+,34+,35+,36+,37+,40+,41+/m1/s1. The van der Waals surface area contributed by atoms with Gasteiger partial charge >= 0.3 is 5.97 Å². The number of phenolic OH excluding ortho intramolecular Hbond substituents is 1. The zero-order valence-electron chi connectivity index (χ0n) is 42.7. The van der Waals surface area contributed by atoms with Crippen LogP contribution in [0.5, 0.6) is 5.75 Å². The number of phenols is 1. The average Bonchev–Trinajstić information content (AvgIpc) is 3.89. The van der Waals surface area contributed by atoms with Crippen molar-refractivity contribution in [2.45, 2.75) is 115 Å². The Kier molecular flexibility index (Phi) is 25.4. The highest BCUT2D eigenvalue weighted by molar-refractivity contribution is 5.98. The number of nitrogens with zero attached hydrogens (tertiary/aromatic N) is 1. The number of nitrogens with one attached hydrogen (secondary N) is 10. The summed E-state index contributed by atoms with van der Waals surface area (Å²) in [5.74, 6) is -10.9. The van der Waals surface area contributed by atoms with E-state index in [2.05, 4.69) is 57.8 Å². The van der Waals surface area contributed by atoms with Crippen LogP contribution < -0.4 is 53.6 Å². The number of aliphatic hydroxyl groups excluding tert-OH is 3. The first-order chi connectivity index (χ1) is 36.0. The highest BCUT2D eigenvalue weighted by atomic mass is 16.4. The lowest BCUT2D eigenvalue weighted by Gasteiger charge is -2.28. The number of carbonyl (C=O) groups is 10. The first-order valence-electron chi connectivity index (χ1n) is 24.3. The fourth-order valence-corrected chi connectivity index (χ4v) is 7.35. The number of nitrogens with two attached hydrogens (primary N) is 1. The molecular weight excluding hydrogens is 997 g/mol. The largest absolute Gasteiger partial charge is 0.508 e. The van der Waals surface area contributed by atoms with Crippen LogP contribution >= 0.6 is 0 Å². The number of aromatic nitrogens is 2. The molecule has 9 amide bonds. The Morgan fingerprint density at radius 1 is 0.566 bits per heavy atom. The third-order valence-electron chi connectivity index (χ3n) is 11.4. The van der Waals surface area contributed by atoms with Crippen LogP contribution in [0.2, 0.25) is 0 Å². The fourth-order valence-electron chi connectivity index (χ4n) is 7.35. The van der Waals surface area contributed by atoms with Gasteiger partial charge in [0.15, 0.2) is 0 Å². The number of aliphatic carboxylic acids is 1. The minimum atomic E-state index is -1.86. The number of rotatable bonds is 31. The van der Waals surface area contributed by atoms with Crippen LogP contribution in [0.15, 0.2) is 67.1 Å². The minimum absolute atomic E-state index is 0.00627. The number of aromatic amines is 1. The quantitative estimate of drug-likeness (QED) is 0.0288. The second-order valence-corrected chi connectivity index (χ2v) is 18.5. The van der Waals surface area contributed by atoms with Crippen molar-refractivity contribution in [1.82, 2.24) is 57.8 Å². The zero-order valence-corrected chi connectivity index (χ0v) is 42.7. The highest BCUT2D eigenvalue weighted by Crippen LogP contribution is 2.13. The van der Waals surface area contributed by atoms with Gasteiger partial charge in [0.25, 0.3) is 0 Å². The van der Waals surface area contributed by atoms with E-state index in [1.54, 1.807) is 58.0 Å². The maximum atomic E-state index is 13.9. The smallest absolute Gasteiger partial charge is 0.326 e. The summed E-state index contributed by atoms with van der Waals surface area (Å²) in [4.78, 5) is 139. The summed E-state index contributed by atoms with van der Waals surface area (Å²) >= 11 is 0. The summed E-state index contributed by atoms with van der Waals surface area (Å²) in [6.45, 7) is 4.50. The molecule has 27 nitrogen and oxygen atoms in total. The van der Waals surface area contributed by atoms with Gasteiger partial charge in [0, 0.05) is 31.2 Å². The van der Waals surface area contributed by atoms with Crippen molar-refractivity contribution >= 4 is 59.1 Å². The van der Waals surface area contributed by atoms with E-state index >= 15 is 0 Å². The number of carbonyl (C=O) groups excluding carboxylic acids is 9. The van der Waals surface area contributed by atoms with E-state index in [9.17, 15) is 73.5 Å². The van der Waals surface area contributed by atoms with E-state index < -0.39 is 146 Å². The third-order valence-corrected chi connectivity index (χ3v) is 11.4. The van der Waals surface area contributed by atoms with Gasteiger partial charge in [0.2, 0.25) is 53.2 Å². The molecule has 27 heteroatoms. The number of aliphatic hydroxyl groups is 3. The normalized spacial score (nSPS) is 14.7. The number of benzene rings is 2. The Bertz CT molecular complexity index is 2420. The summed E-state index contributed by atoms with van der Waals surface area (Å²) in [6, 6.07) is 1.90. The van der Waals surface area contributed by atoms with E-state index in [4.69, 9.17) is 5.73 Å². The van der Waals surface area contributed by atoms with Crippen LogP contribution in [0, 0.1) is 11.8 Å². The van der Waals surface area contributed by atoms with Crippen LogP contribution in [0.4, 0.5) is 0 Å². The van der Waals surface area contributed by atoms with Gasteiger partial charge in [-0.1, -0.05) is 70.2 Å². The van der Waals surface area contributed by atoms with E-state index in [1.807, 2.05) is 0 Å². The molecular formula is C49H70N12O15. The molecule has 76 heavy (non-hydrogen) atoms. The van der Waals surface area contributed by atoms with Crippen molar-refractivity contribution in [2.75, 3.05) is 26.3 Å². The van der Waals surface area contributed by atoms with Crippen molar-refractivity contribution < 1.29 is 73.5 Å². The van der Waals surface area contributed by atoms with Gasteiger partial charge in [-0.25, -0.2) is 9.78 Å². The Hall–Kier alpha value is -8.01. The summed E-state index contributed by atoms with van der Waals surface area (Å²) in [6.07, 6.45) is 0.555. The van der Waals surface area contributed by atoms with Gasteiger partial charge in [-0.2, -0.15) is 0 Å². The molecule has 0 radical (unpaired) electrons. The summed E-state index contributed by atoms with van der Waals surface area (Å²) in [5.41, 5.74) is 6.91. The predicted octanol–water partition coefficient (Wildman–Crippen LogP) is -4.75. The topological polar surface area (TPSA) is 435 Å². The molecule has 0 aliphatic heterocycles. The molecule has 0 aliphatic rings. The number of carboxylic acid groups (broad SMARTS) is 1. The molecule has 9 atom stereocenters. The van der Waals surface area contributed by atoms with Gasteiger partial charge in [-0.3, -0.25) is 43.2 Å². The van der Waals surface area contributed by atoms with Gasteiger partial charge < -0.3 is 84.1 Å². The number of amides is 9. The summed E-state index contributed by atoms with van der Waals surface area (Å²) < 4.78 is 0. The lowest BCUT2D eigenvalue weighted by atomic mass is 10.0. The van der Waals surface area contributed by atoms with Crippen LogP contribution in [0.1, 0.15) is 57.9 Å². The van der Waals surface area contributed by atoms with Gasteiger partial charge in [-0.05, 0) is 48.4 Å². The lowest BCUT2D eigenvalue weighted by Crippen LogP contribution is -2.62. The molecule has 17 N–H and O–H groups in total. The summed E-state index contributed by atoms with van der Waals surface area (Å²) in [7, 11) is 0. The Balaban J connectivity index is 1.73. The van der Waals surface area contributed by atoms with Gasteiger partial charge in [0.1, 0.15) is 54.1 Å². The van der Waals surface area contributed by atoms with Crippen LogP contribution in [-0.4, -0.2) is 175 Å². The first kappa shape index (κ1) is 62.3. The number of hydrogen-bond donors (Lipinski definition) is 16. The molecule has 3 aromatic rings. The number of aromatic hydroxyl groups is 1. The first-order valence-corrected chi connectivity index (χ1v) is 24.3. The average molecular weight is 1070 g/mol. The maximum Gasteiger partial charge on any atom is 0.326 e. The van der Waals surface area contributed by atoms with E-state index in [-0.39, 0.29) is 37.4 Å². The molecule has 0 spiro atoms. The third kappa shape index (κ3) is 20.7. The molecule has 0 saturated heterocycles. The number of imidazole rings is 1. The van der Waals surface area contributed by atoms with E-state index in [1.165, 1.54) is 36.8 Å². The predicted molar refractivity (Wildman–Crippen MR) is 270 cm³/mol. The van der Waals surface area contributed by atoms with Crippen molar-refractivity contribution in [3.63, 3.8) is 0 Å². The monoisotopic (exact) mass is 1070 g/mol. The molecule has 0 unspecified atom stereocenters. The molecule has 3 rings (SSSR count). The maximum absolute atomic E-state index is 13.9. The van der Waals surface area contributed by atoms with Gasteiger partial charge in [-0.15, -0.1) is 0 Å². The van der Waals surface area contributed by atoms with Gasteiger partial charge in [0.05, 0.1) is 38.7 Å². The minimum Gasteiger partial charge on any atom is -0.508 e. The molecule has 2 aromatic carbocycles. The zero-order chi connectivity index (χ0) is 56.6. The van der Waals surface area contributed by atoms with Crippen molar-refractivity contribution in [3.8, 4) is 5.75 Å². The fraction of sp³-hybridized carbons (Fsp3) is 0.490. The molecule has 0 bridgehead atoms. The van der Waals surface area contributed by atoms with Crippen molar-refractivity contribution in [2.24, 2.45) is 17.6 Å². The summed E-state index contributed by atoms with van der Waals surface area (Å²) in [5, 5.41) is 72.1. The highest BCUT2D eigenvalue weighted by Gasteiger charge is 2.36. The Morgan fingerprint density at radius 3 is 1.58 bits per heavy atom. The number of H-pyrrole nitrogens is 1.